The van der Waals surface area contributed by atoms with Crippen LogP contribution in [0.15, 0.2) is 16.9 Å². The summed E-state index contributed by atoms with van der Waals surface area (Å²) in [5.74, 6) is 0.480. The van der Waals surface area contributed by atoms with Crippen LogP contribution in [0, 0.1) is 4.64 Å². The van der Waals surface area contributed by atoms with Gasteiger partial charge in [0.25, 0.3) is 5.89 Å². The van der Waals surface area contributed by atoms with Gasteiger partial charge in [0.05, 0.1) is 0 Å². The van der Waals surface area contributed by atoms with Gasteiger partial charge in [0.15, 0.2) is 0 Å². The fraction of sp³-hybridized carbons (Fsp3) is 0. The molecule has 0 unspecified atom stereocenters. The van der Waals surface area contributed by atoms with E-state index in [1.54, 1.807) is 6.07 Å². The van der Waals surface area contributed by atoms with E-state index in [0.29, 0.717) is 16.2 Å². The molecule has 2 aliphatic rings. The molecule has 2 rings (SSSR count). The first kappa shape index (κ1) is 5.55. The fourth-order valence-corrected chi connectivity index (χ4v) is 0.848. The van der Waals surface area contributed by atoms with Crippen molar-refractivity contribution in [2.24, 2.45) is 0 Å². The van der Waals surface area contributed by atoms with E-state index in [1.807, 2.05) is 0 Å². The van der Waals surface area contributed by atoms with Crippen LogP contribution >= 0.6 is 12.2 Å². The molecular formula is C5H3N3OS. The minimum Gasteiger partial charge on any atom is -0.358 e. The topological polar surface area (TPSA) is 54.7 Å². The van der Waals surface area contributed by atoms with Gasteiger partial charge in [-0.15, -0.1) is 0 Å². The van der Waals surface area contributed by atoms with Gasteiger partial charge < -0.3 is 4.52 Å². The molecule has 50 valence electrons. The van der Waals surface area contributed by atoms with Crippen LogP contribution in [0.25, 0.3) is 11.6 Å². The zero-order chi connectivity index (χ0) is 6.97. The van der Waals surface area contributed by atoms with Crippen molar-refractivity contribution in [1.82, 2.24) is 15.1 Å². The molecule has 0 spiro atoms. The molecule has 2 heterocycles. The van der Waals surface area contributed by atoms with E-state index >= 15 is 0 Å². The summed E-state index contributed by atoms with van der Waals surface area (Å²) in [6, 6.07) is 1.70. The van der Waals surface area contributed by atoms with E-state index in [-0.39, 0.29) is 0 Å². The molecule has 0 aromatic heterocycles. The van der Waals surface area contributed by atoms with Crippen LogP contribution in [0.3, 0.4) is 0 Å². The molecule has 0 aromatic rings. The van der Waals surface area contributed by atoms with Gasteiger partial charge in [0.2, 0.25) is 0 Å². The smallest absolute Gasteiger partial charge is 0.273 e. The van der Waals surface area contributed by atoms with Gasteiger partial charge in [-0.3, -0.25) is 0 Å². The lowest BCUT2D eigenvalue weighted by Gasteiger charge is -1.89. The largest absolute Gasteiger partial charge is 0.358 e. The molecular weight excluding hydrogens is 150 g/mol. The van der Waals surface area contributed by atoms with Gasteiger partial charge in [0.1, 0.15) is 16.7 Å². The SMILES string of the molecule is S=c1cc2ncnc-2o[nH]1. The molecule has 0 aromatic carbocycles. The first-order valence-corrected chi connectivity index (χ1v) is 3.06. The Morgan fingerprint density at radius 1 is 1.50 bits per heavy atom. The van der Waals surface area contributed by atoms with Crippen LogP contribution in [0.1, 0.15) is 0 Å². The van der Waals surface area contributed by atoms with Crippen LogP contribution in [-0.4, -0.2) is 15.1 Å². The van der Waals surface area contributed by atoms with E-state index < -0.39 is 0 Å². The second-order valence-corrected chi connectivity index (χ2v) is 2.22. The van der Waals surface area contributed by atoms with Gasteiger partial charge in [0, 0.05) is 6.07 Å². The number of rotatable bonds is 0. The van der Waals surface area contributed by atoms with Gasteiger partial charge >= 0.3 is 0 Å². The van der Waals surface area contributed by atoms with Crippen LogP contribution in [0.5, 0.6) is 0 Å². The zero-order valence-electron chi connectivity index (χ0n) is 4.87. The maximum atomic E-state index is 4.88. The Morgan fingerprint density at radius 2 is 2.40 bits per heavy atom. The molecule has 0 saturated carbocycles. The quantitative estimate of drug-likeness (QED) is 0.578. The highest BCUT2D eigenvalue weighted by Gasteiger charge is 2.05. The summed E-state index contributed by atoms with van der Waals surface area (Å²) in [5, 5.41) is 2.50. The third-order valence-corrected chi connectivity index (χ3v) is 1.31. The summed E-state index contributed by atoms with van der Waals surface area (Å²) < 4.78 is 5.40. The maximum Gasteiger partial charge on any atom is 0.273 e. The number of H-pyrrole nitrogens is 1. The Balaban J connectivity index is 2.87. The van der Waals surface area contributed by atoms with Crippen molar-refractivity contribution >= 4 is 12.2 Å². The molecule has 0 radical (unpaired) electrons. The Kier molecular flexibility index (Phi) is 1.04. The number of nitrogens with zero attached hydrogens (tertiary/aromatic N) is 2. The van der Waals surface area contributed by atoms with Crippen molar-refractivity contribution < 1.29 is 4.52 Å². The molecule has 0 saturated heterocycles. The average molecular weight is 153 g/mol. The first-order chi connectivity index (χ1) is 4.86. The summed E-state index contributed by atoms with van der Waals surface area (Å²) in [7, 11) is 0. The Bertz CT molecular complexity index is 365. The molecule has 1 N–H and O–H groups in total. The zero-order valence-corrected chi connectivity index (χ0v) is 5.68. The van der Waals surface area contributed by atoms with Gasteiger partial charge in [-0.2, -0.15) is 4.98 Å². The van der Waals surface area contributed by atoms with Crippen molar-refractivity contribution in [2.45, 2.75) is 0 Å². The molecule has 5 heteroatoms. The fourth-order valence-electron chi connectivity index (χ4n) is 0.695. The summed E-state index contributed by atoms with van der Waals surface area (Å²) >= 11 is 4.79. The molecule has 0 fully saturated rings. The van der Waals surface area contributed by atoms with Crippen molar-refractivity contribution in [2.75, 3.05) is 0 Å². The van der Waals surface area contributed by atoms with Crippen molar-refractivity contribution in [3.05, 3.63) is 17.0 Å². The number of fused-ring (bicyclic) bond motifs is 1. The summed E-state index contributed by atoms with van der Waals surface area (Å²) in [5.41, 5.74) is 0.684. The van der Waals surface area contributed by atoms with Gasteiger partial charge in [-0.1, -0.05) is 12.2 Å². The predicted octanol–water partition coefficient (Wildman–Crippen LogP) is 1.23. The highest BCUT2D eigenvalue weighted by atomic mass is 32.1. The molecule has 0 bridgehead atoms. The minimum atomic E-state index is 0.480. The van der Waals surface area contributed by atoms with Crippen molar-refractivity contribution in [1.29, 1.82) is 0 Å². The van der Waals surface area contributed by atoms with Gasteiger partial charge in [-0.05, 0) is 0 Å². The maximum absolute atomic E-state index is 4.88. The second kappa shape index (κ2) is 1.88. The number of hydrogen-bond acceptors (Lipinski definition) is 4. The van der Waals surface area contributed by atoms with Crippen molar-refractivity contribution in [3.8, 4) is 11.6 Å². The number of aromatic amines is 1. The van der Waals surface area contributed by atoms with Crippen molar-refractivity contribution in [3.63, 3.8) is 0 Å². The highest BCUT2D eigenvalue weighted by molar-refractivity contribution is 7.71. The molecule has 0 aliphatic carbocycles. The van der Waals surface area contributed by atoms with Crippen LogP contribution in [0.4, 0.5) is 0 Å². The van der Waals surface area contributed by atoms with E-state index in [0.717, 1.165) is 0 Å². The minimum absolute atomic E-state index is 0.480. The lowest BCUT2D eigenvalue weighted by Crippen LogP contribution is -1.80. The first-order valence-electron chi connectivity index (χ1n) is 2.65. The monoisotopic (exact) mass is 153 g/mol. The Hall–Kier alpha value is -1.23. The Labute approximate surface area is 61.2 Å². The summed E-state index contributed by atoms with van der Waals surface area (Å²) in [6.07, 6.45) is 1.43. The standard InChI is InChI=1S/C5H3N3OS/c10-4-1-3-5(9-8-4)7-2-6-3/h1-2H,(H,8,10). The molecule has 0 atom stereocenters. The second-order valence-electron chi connectivity index (χ2n) is 1.78. The lowest BCUT2D eigenvalue weighted by molar-refractivity contribution is 0.399. The Morgan fingerprint density at radius 3 is 3.30 bits per heavy atom. The van der Waals surface area contributed by atoms with E-state index in [2.05, 4.69) is 15.1 Å². The number of nitrogens with one attached hydrogen (secondary N) is 1. The van der Waals surface area contributed by atoms with Crippen LogP contribution < -0.4 is 0 Å². The molecule has 10 heavy (non-hydrogen) atoms. The number of imidazole rings is 1. The summed E-state index contributed by atoms with van der Waals surface area (Å²) in [4.78, 5) is 7.69. The van der Waals surface area contributed by atoms with Crippen LogP contribution in [0.2, 0.25) is 0 Å². The summed E-state index contributed by atoms with van der Waals surface area (Å²) in [6.45, 7) is 0. The third-order valence-electron chi connectivity index (χ3n) is 1.11. The number of hydrogen-bond donors (Lipinski definition) is 1. The van der Waals surface area contributed by atoms with Gasteiger partial charge in [-0.25, -0.2) is 10.1 Å². The lowest BCUT2D eigenvalue weighted by atomic mass is 10.4. The van der Waals surface area contributed by atoms with E-state index in [4.69, 9.17) is 16.7 Å². The third kappa shape index (κ3) is 0.714. The highest BCUT2D eigenvalue weighted by Crippen LogP contribution is 2.13. The van der Waals surface area contributed by atoms with E-state index in [1.165, 1.54) is 6.33 Å². The molecule has 2 aliphatic heterocycles. The average Bonchev–Trinajstić information content (AvgIpc) is 2.33. The predicted molar refractivity (Wildman–Crippen MR) is 36.1 cm³/mol. The van der Waals surface area contributed by atoms with E-state index in [9.17, 15) is 0 Å². The molecule has 4 nitrogen and oxygen atoms in total. The normalized spacial score (nSPS) is 10.4. The number of aromatic nitrogens is 3. The van der Waals surface area contributed by atoms with Crippen LogP contribution in [-0.2, 0) is 0 Å². The molecule has 0 amide bonds.